The second-order valence-corrected chi connectivity index (χ2v) is 5.74. The number of para-hydroxylation sites is 2. The number of fused-ring (bicyclic) bond motifs is 1. The van der Waals surface area contributed by atoms with Crippen LogP contribution in [0, 0.1) is 25.2 Å². The predicted molar refractivity (Wildman–Crippen MR) is 96.5 cm³/mol. The van der Waals surface area contributed by atoms with Crippen LogP contribution >= 0.6 is 0 Å². The van der Waals surface area contributed by atoms with Gasteiger partial charge in [-0.15, -0.1) is 0 Å². The summed E-state index contributed by atoms with van der Waals surface area (Å²) in [5, 5.41) is 9.94. The number of benzene rings is 1. The van der Waals surface area contributed by atoms with Gasteiger partial charge in [-0.05, 0) is 45.4 Å². The van der Waals surface area contributed by atoms with Gasteiger partial charge >= 0.3 is 0 Å². The second-order valence-electron chi connectivity index (χ2n) is 5.74. The Labute approximate surface area is 142 Å². The van der Waals surface area contributed by atoms with Crippen LogP contribution in [0.25, 0.3) is 5.57 Å². The molecular weight excluding hydrogens is 298 g/mol. The monoisotopic (exact) mass is 319 g/mol. The molecule has 0 saturated carbocycles. The number of aromatic nitrogens is 2. The van der Waals surface area contributed by atoms with Crippen molar-refractivity contribution >= 4 is 16.9 Å². The summed E-state index contributed by atoms with van der Waals surface area (Å²) in [6, 6.07) is 10.7. The van der Waals surface area contributed by atoms with Gasteiger partial charge in [0.15, 0.2) is 0 Å². The minimum Gasteiger partial charge on any atom is -0.325 e. The summed E-state index contributed by atoms with van der Waals surface area (Å²) >= 11 is 0. The van der Waals surface area contributed by atoms with E-state index in [0.717, 1.165) is 35.8 Å². The Bertz CT molecular complexity index is 814. The molecule has 1 aromatic carbocycles. The molecule has 0 atom stereocenters. The maximum atomic E-state index is 9.94. The van der Waals surface area contributed by atoms with E-state index >= 15 is 0 Å². The number of anilines is 2. The molecule has 0 fully saturated rings. The van der Waals surface area contributed by atoms with E-state index in [1.807, 2.05) is 26.0 Å². The summed E-state index contributed by atoms with van der Waals surface area (Å²) in [4.78, 5) is 13.2. The lowest BCUT2D eigenvalue weighted by Gasteiger charge is -2.25. The number of allylic oxidation sites excluding steroid dienone is 1. The Morgan fingerprint density at radius 2 is 1.67 bits per heavy atom. The molecule has 0 spiro atoms. The van der Waals surface area contributed by atoms with Crippen LogP contribution < -0.4 is 9.80 Å². The lowest BCUT2D eigenvalue weighted by Crippen LogP contribution is -2.29. The van der Waals surface area contributed by atoms with Crippen LogP contribution in [0.5, 0.6) is 0 Å². The Kier molecular flexibility index (Phi) is 4.22. The van der Waals surface area contributed by atoms with Gasteiger partial charge in [-0.3, -0.25) is 0 Å². The van der Waals surface area contributed by atoms with E-state index in [9.17, 15) is 5.26 Å². The highest BCUT2D eigenvalue weighted by Crippen LogP contribution is 2.43. The zero-order valence-electron chi connectivity index (χ0n) is 14.5. The average molecular weight is 319 g/mol. The number of hydrogen-bond acceptors (Lipinski definition) is 5. The van der Waals surface area contributed by atoms with Crippen molar-refractivity contribution in [2.75, 3.05) is 22.9 Å². The molecule has 2 heterocycles. The maximum absolute atomic E-state index is 9.94. The first-order valence-corrected chi connectivity index (χ1v) is 8.21. The van der Waals surface area contributed by atoms with Crippen molar-refractivity contribution in [2.24, 2.45) is 0 Å². The van der Waals surface area contributed by atoms with Gasteiger partial charge in [0.2, 0.25) is 0 Å². The van der Waals surface area contributed by atoms with Crippen molar-refractivity contribution in [2.45, 2.75) is 27.7 Å². The molecule has 5 heteroatoms. The molecule has 24 heavy (non-hydrogen) atoms. The Morgan fingerprint density at radius 1 is 1.08 bits per heavy atom. The van der Waals surface area contributed by atoms with Crippen molar-refractivity contribution in [1.29, 1.82) is 5.26 Å². The van der Waals surface area contributed by atoms with Crippen LogP contribution in [0.15, 0.2) is 36.3 Å². The van der Waals surface area contributed by atoms with E-state index in [0.29, 0.717) is 17.1 Å². The number of hydrogen-bond donors (Lipinski definition) is 0. The van der Waals surface area contributed by atoms with E-state index < -0.39 is 0 Å². The second kappa shape index (κ2) is 6.32. The Hall–Kier alpha value is -2.87. The summed E-state index contributed by atoms with van der Waals surface area (Å²) in [5.41, 5.74) is 4.48. The first-order chi connectivity index (χ1) is 11.6. The predicted octanol–water partition coefficient (Wildman–Crippen LogP) is 3.65. The first-order valence-electron chi connectivity index (χ1n) is 8.21. The highest BCUT2D eigenvalue weighted by atomic mass is 15.4. The van der Waals surface area contributed by atoms with Crippen LogP contribution in [0.4, 0.5) is 11.4 Å². The highest BCUT2D eigenvalue weighted by molar-refractivity contribution is 5.92. The van der Waals surface area contributed by atoms with Gasteiger partial charge in [0.1, 0.15) is 23.3 Å². The van der Waals surface area contributed by atoms with E-state index in [-0.39, 0.29) is 0 Å². The molecule has 1 aliphatic rings. The van der Waals surface area contributed by atoms with Crippen LogP contribution in [0.1, 0.15) is 30.9 Å². The van der Waals surface area contributed by atoms with Gasteiger partial charge in [-0.1, -0.05) is 12.1 Å². The molecule has 0 unspecified atom stereocenters. The van der Waals surface area contributed by atoms with Crippen LogP contribution in [-0.2, 0) is 0 Å². The molecule has 0 amide bonds. The highest BCUT2D eigenvalue weighted by Gasteiger charge is 2.33. The molecule has 0 aliphatic carbocycles. The Morgan fingerprint density at radius 3 is 2.17 bits per heavy atom. The van der Waals surface area contributed by atoms with Crippen molar-refractivity contribution in [3.8, 4) is 6.07 Å². The average Bonchev–Trinajstić information content (AvgIpc) is 2.92. The SMILES string of the molecule is CCN1C(=C(C#N)c2nc(C)ncc2C)N(CC)c2ccccc21. The van der Waals surface area contributed by atoms with Gasteiger partial charge in [0, 0.05) is 19.3 Å². The molecule has 3 rings (SSSR count). The molecule has 0 saturated heterocycles. The minimum atomic E-state index is 0.595. The molecule has 5 nitrogen and oxygen atoms in total. The smallest absolute Gasteiger partial charge is 0.134 e. The quantitative estimate of drug-likeness (QED) is 0.808. The molecule has 0 bridgehead atoms. The lowest BCUT2D eigenvalue weighted by atomic mass is 10.1. The number of aryl methyl sites for hydroxylation is 2. The van der Waals surface area contributed by atoms with Crippen molar-refractivity contribution in [3.05, 3.63) is 53.4 Å². The summed E-state index contributed by atoms with van der Waals surface area (Å²) in [7, 11) is 0. The number of nitriles is 1. The van der Waals surface area contributed by atoms with Gasteiger partial charge in [-0.2, -0.15) is 5.26 Å². The zero-order chi connectivity index (χ0) is 17.3. The van der Waals surface area contributed by atoms with E-state index in [1.165, 1.54) is 0 Å². The molecular formula is C19H21N5. The molecule has 2 aromatic rings. The lowest BCUT2D eigenvalue weighted by molar-refractivity contribution is 0.899. The molecule has 0 N–H and O–H groups in total. The summed E-state index contributed by atoms with van der Waals surface area (Å²) in [6.45, 7) is 9.57. The van der Waals surface area contributed by atoms with Gasteiger partial charge in [0.05, 0.1) is 17.1 Å². The molecule has 1 aliphatic heterocycles. The largest absolute Gasteiger partial charge is 0.325 e. The van der Waals surface area contributed by atoms with Gasteiger partial charge in [0.25, 0.3) is 0 Å². The minimum absolute atomic E-state index is 0.595. The summed E-state index contributed by atoms with van der Waals surface area (Å²) in [5.74, 6) is 1.58. The normalized spacial score (nSPS) is 13.0. The van der Waals surface area contributed by atoms with Crippen LogP contribution in [0.3, 0.4) is 0 Å². The Balaban J connectivity index is 2.29. The van der Waals surface area contributed by atoms with Gasteiger partial charge in [-0.25, -0.2) is 9.97 Å². The van der Waals surface area contributed by atoms with Crippen LogP contribution in [0.2, 0.25) is 0 Å². The molecule has 0 radical (unpaired) electrons. The summed E-state index contributed by atoms with van der Waals surface area (Å²) in [6.07, 6.45) is 1.78. The third-order valence-electron chi connectivity index (χ3n) is 4.27. The van der Waals surface area contributed by atoms with E-state index in [4.69, 9.17) is 0 Å². The third kappa shape index (κ3) is 2.41. The van der Waals surface area contributed by atoms with Gasteiger partial charge < -0.3 is 9.80 Å². The molecule has 122 valence electrons. The van der Waals surface area contributed by atoms with Crippen molar-refractivity contribution in [1.82, 2.24) is 9.97 Å². The van der Waals surface area contributed by atoms with Crippen LogP contribution in [-0.4, -0.2) is 23.1 Å². The third-order valence-corrected chi connectivity index (χ3v) is 4.27. The first kappa shape index (κ1) is 16.0. The maximum Gasteiger partial charge on any atom is 0.134 e. The van der Waals surface area contributed by atoms with Crippen molar-refractivity contribution < 1.29 is 0 Å². The fraction of sp³-hybridized carbons (Fsp3) is 0.316. The topological polar surface area (TPSA) is 56.1 Å². The standard InChI is InChI=1S/C19H21N5/c1-5-23-16-9-7-8-10-17(16)24(6-2)19(23)15(11-20)18-13(3)12-21-14(4)22-18/h7-10,12H,5-6H2,1-4H3. The zero-order valence-corrected chi connectivity index (χ0v) is 14.5. The number of rotatable bonds is 3. The number of nitrogens with zero attached hydrogens (tertiary/aromatic N) is 5. The fourth-order valence-electron chi connectivity index (χ4n) is 3.20. The van der Waals surface area contributed by atoms with E-state index in [2.05, 4.69) is 51.8 Å². The fourth-order valence-corrected chi connectivity index (χ4v) is 3.20. The summed E-state index contributed by atoms with van der Waals surface area (Å²) < 4.78 is 0. The van der Waals surface area contributed by atoms with Crippen molar-refractivity contribution in [3.63, 3.8) is 0 Å². The molecule has 1 aromatic heterocycles. The van der Waals surface area contributed by atoms with E-state index in [1.54, 1.807) is 6.20 Å².